The minimum Gasteiger partial charge on any atom is -0.337 e. The fourth-order valence-electron chi connectivity index (χ4n) is 2.61. The zero-order valence-corrected chi connectivity index (χ0v) is 14.9. The van der Waals surface area contributed by atoms with Crippen molar-refractivity contribution in [3.8, 4) is 0 Å². The van der Waals surface area contributed by atoms with Crippen molar-refractivity contribution in [2.75, 3.05) is 18.6 Å². The maximum Gasteiger partial charge on any atom is 0.253 e. The molecule has 1 saturated heterocycles. The molecule has 0 saturated carbocycles. The zero-order chi connectivity index (χ0) is 16.1. The lowest BCUT2D eigenvalue weighted by molar-refractivity contribution is 0.0785. The molecule has 1 amide bonds. The number of carbonyl (C=O) groups is 1. The molecular weight excluding hydrogens is 322 g/mol. The van der Waals surface area contributed by atoms with Crippen molar-refractivity contribution in [1.29, 1.82) is 0 Å². The van der Waals surface area contributed by atoms with E-state index in [9.17, 15) is 4.79 Å². The van der Waals surface area contributed by atoms with Crippen LogP contribution in [0, 0.1) is 0 Å². The molecule has 1 heterocycles. The Labute approximate surface area is 146 Å². The standard InChI is InChI=1S/C19H21NOS2/c1-20(14-15-6-3-2-4-7-15)18(21)16-8-10-17(11-9-16)19-22-12-5-13-23-19/h2-4,6-11,19H,5,12-14H2,1H3. The van der Waals surface area contributed by atoms with Crippen molar-refractivity contribution in [3.63, 3.8) is 0 Å². The van der Waals surface area contributed by atoms with Crippen molar-refractivity contribution in [2.24, 2.45) is 0 Å². The number of hydrogen-bond donors (Lipinski definition) is 0. The summed E-state index contributed by atoms with van der Waals surface area (Å²) < 4.78 is 0.523. The number of carbonyl (C=O) groups excluding carboxylic acids is 1. The Kier molecular flexibility index (Phi) is 5.68. The molecule has 0 spiro atoms. The van der Waals surface area contributed by atoms with Crippen molar-refractivity contribution in [1.82, 2.24) is 4.90 Å². The van der Waals surface area contributed by atoms with E-state index < -0.39 is 0 Å². The fourth-order valence-corrected chi connectivity index (χ4v) is 5.51. The highest BCUT2D eigenvalue weighted by Gasteiger charge is 2.17. The van der Waals surface area contributed by atoms with Gasteiger partial charge in [0.1, 0.15) is 0 Å². The summed E-state index contributed by atoms with van der Waals surface area (Å²) in [6.07, 6.45) is 1.30. The molecule has 0 aromatic heterocycles. The minimum atomic E-state index is 0.0735. The van der Waals surface area contributed by atoms with Crippen LogP contribution in [-0.4, -0.2) is 29.4 Å². The van der Waals surface area contributed by atoms with E-state index >= 15 is 0 Å². The lowest BCUT2D eigenvalue weighted by Gasteiger charge is -2.22. The fraction of sp³-hybridized carbons (Fsp3) is 0.316. The van der Waals surface area contributed by atoms with E-state index in [1.165, 1.54) is 23.5 Å². The molecule has 120 valence electrons. The van der Waals surface area contributed by atoms with Crippen LogP contribution < -0.4 is 0 Å². The second kappa shape index (κ2) is 7.93. The SMILES string of the molecule is CN(Cc1ccccc1)C(=O)c1ccc(C2SCCCS2)cc1. The van der Waals surface area contributed by atoms with Crippen LogP contribution in [0.3, 0.4) is 0 Å². The van der Waals surface area contributed by atoms with Gasteiger partial charge in [0.15, 0.2) is 0 Å². The first-order valence-electron chi connectivity index (χ1n) is 7.86. The van der Waals surface area contributed by atoms with Crippen molar-refractivity contribution in [2.45, 2.75) is 17.5 Å². The van der Waals surface area contributed by atoms with Gasteiger partial charge in [0.25, 0.3) is 5.91 Å². The molecule has 3 rings (SSSR count). The number of nitrogens with zero attached hydrogens (tertiary/aromatic N) is 1. The quantitative estimate of drug-likeness (QED) is 0.793. The summed E-state index contributed by atoms with van der Waals surface area (Å²) in [6, 6.07) is 18.2. The molecule has 0 atom stereocenters. The predicted molar refractivity (Wildman–Crippen MR) is 101 cm³/mol. The molecule has 1 aliphatic heterocycles. The molecule has 2 aromatic carbocycles. The Morgan fingerprint density at radius 3 is 2.35 bits per heavy atom. The van der Waals surface area contributed by atoms with E-state index in [0.717, 1.165) is 11.1 Å². The van der Waals surface area contributed by atoms with Gasteiger partial charge < -0.3 is 4.90 Å². The predicted octanol–water partition coefficient (Wildman–Crippen LogP) is 4.83. The first kappa shape index (κ1) is 16.5. The van der Waals surface area contributed by atoms with Crippen molar-refractivity contribution >= 4 is 29.4 Å². The van der Waals surface area contributed by atoms with Crippen molar-refractivity contribution in [3.05, 3.63) is 71.3 Å². The Bertz CT molecular complexity index is 636. The summed E-state index contributed by atoms with van der Waals surface area (Å²) in [5, 5.41) is 0. The van der Waals surface area contributed by atoms with Gasteiger partial charge in [-0.25, -0.2) is 0 Å². The van der Waals surface area contributed by atoms with E-state index in [0.29, 0.717) is 11.1 Å². The molecule has 4 heteroatoms. The van der Waals surface area contributed by atoms with Crippen LogP contribution in [-0.2, 0) is 6.54 Å². The second-order valence-electron chi connectivity index (χ2n) is 5.70. The van der Waals surface area contributed by atoms with Gasteiger partial charge in [-0.2, -0.15) is 0 Å². The third kappa shape index (κ3) is 4.33. The summed E-state index contributed by atoms with van der Waals surface area (Å²) in [7, 11) is 1.86. The number of hydrogen-bond acceptors (Lipinski definition) is 3. The van der Waals surface area contributed by atoms with Crippen LogP contribution in [0.2, 0.25) is 0 Å². The van der Waals surface area contributed by atoms with Gasteiger partial charge in [0, 0.05) is 19.2 Å². The van der Waals surface area contributed by atoms with Crippen LogP contribution in [0.5, 0.6) is 0 Å². The maximum absolute atomic E-state index is 12.6. The Morgan fingerprint density at radius 1 is 1.04 bits per heavy atom. The monoisotopic (exact) mass is 343 g/mol. The van der Waals surface area contributed by atoms with Crippen LogP contribution in [0.1, 0.15) is 32.5 Å². The Hall–Kier alpha value is -1.39. The second-order valence-corrected chi connectivity index (χ2v) is 8.42. The maximum atomic E-state index is 12.6. The highest BCUT2D eigenvalue weighted by molar-refractivity contribution is 8.16. The molecule has 0 aliphatic carbocycles. The van der Waals surface area contributed by atoms with E-state index in [1.54, 1.807) is 4.90 Å². The molecule has 1 aliphatic rings. The number of thioether (sulfide) groups is 2. The van der Waals surface area contributed by atoms with Gasteiger partial charge in [-0.15, -0.1) is 23.5 Å². The number of amides is 1. The molecule has 2 aromatic rings. The average molecular weight is 344 g/mol. The van der Waals surface area contributed by atoms with E-state index in [1.807, 2.05) is 73.0 Å². The van der Waals surface area contributed by atoms with Gasteiger partial charge in [-0.05, 0) is 41.2 Å². The number of rotatable bonds is 4. The van der Waals surface area contributed by atoms with Gasteiger partial charge >= 0.3 is 0 Å². The molecule has 1 fully saturated rings. The van der Waals surface area contributed by atoms with Crippen LogP contribution in [0.15, 0.2) is 54.6 Å². The van der Waals surface area contributed by atoms with E-state index in [2.05, 4.69) is 12.1 Å². The van der Waals surface area contributed by atoms with Gasteiger partial charge in [-0.1, -0.05) is 42.5 Å². The number of benzene rings is 2. The lowest BCUT2D eigenvalue weighted by atomic mass is 10.1. The molecule has 23 heavy (non-hydrogen) atoms. The van der Waals surface area contributed by atoms with Crippen LogP contribution in [0.4, 0.5) is 0 Å². The van der Waals surface area contributed by atoms with Gasteiger partial charge in [0.2, 0.25) is 0 Å². The highest BCUT2D eigenvalue weighted by atomic mass is 32.2. The van der Waals surface area contributed by atoms with E-state index in [4.69, 9.17) is 0 Å². The normalized spacial score (nSPS) is 15.3. The van der Waals surface area contributed by atoms with Gasteiger partial charge in [0.05, 0.1) is 4.58 Å². The lowest BCUT2D eigenvalue weighted by Crippen LogP contribution is -2.26. The summed E-state index contributed by atoms with van der Waals surface area (Å²) in [5.74, 6) is 2.54. The zero-order valence-electron chi connectivity index (χ0n) is 13.3. The summed E-state index contributed by atoms with van der Waals surface area (Å²) >= 11 is 4.01. The Balaban J connectivity index is 1.65. The third-order valence-corrected chi connectivity index (χ3v) is 6.88. The van der Waals surface area contributed by atoms with Gasteiger partial charge in [-0.3, -0.25) is 4.79 Å². The van der Waals surface area contributed by atoms with Crippen molar-refractivity contribution < 1.29 is 4.79 Å². The van der Waals surface area contributed by atoms with Crippen LogP contribution in [0.25, 0.3) is 0 Å². The highest BCUT2D eigenvalue weighted by Crippen LogP contribution is 2.43. The smallest absolute Gasteiger partial charge is 0.253 e. The minimum absolute atomic E-state index is 0.0735. The molecule has 0 radical (unpaired) electrons. The third-order valence-electron chi connectivity index (χ3n) is 3.87. The van der Waals surface area contributed by atoms with Crippen LogP contribution >= 0.6 is 23.5 Å². The van der Waals surface area contributed by atoms with E-state index in [-0.39, 0.29) is 5.91 Å². The molecule has 0 bridgehead atoms. The molecule has 0 N–H and O–H groups in total. The topological polar surface area (TPSA) is 20.3 Å². The first-order chi connectivity index (χ1) is 11.2. The molecule has 2 nitrogen and oxygen atoms in total. The summed E-state index contributed by atoms with van der Waals surface area (Å²) in [6.45, 7) is 0.635. The molecular formula is C19H21NOS2. The average Bonchev–Trinajstić information content (AvgIpc) is 2.63. The first-order valence-corrected chi connectivity index (χ1v) is 9.96. The largest absolute Gasteiger partial charge is 0.337 e. The summed E-state index contributed by atoms with van der Waals surface area (Å²) in [4.78, 5) is 14.3. The molecule has 0 unspecified atom stereocenters. The Morgan fingerprint density at radius 2 is 1.70 bits per heavy atom. The summed E-state index contributed by atoms with van der Waals surface area (Å²) in [5.41, 5.74) is 3.23.